The zero-order valence-electron chi connectivity index (χ0n) is 12.2. The number of nitrogens with zero attached hydrogens (tertiary/aromatic N) is 1. The number of piperidine rings is 1. The van der Waals surface area contributed by atoms with E-state index in [1.54, 1.807) is 0 Å². The summed E-state index contributed by atoms with van der Waals surface area (Å²) < 4.78 is 0. The molecular formula is C16H30N2. The molecule has 1 saturated carbocycles. The van der Waals surface area contributed by atoms with Gasteiger partial charge >= 0.3 is 0 Å². The predicted molar refractivity (Wildman–Crippen MR) is 76.7 cm³/mol. The van der Waals surface area contributed by atoms with Gasteiger partial charge in [-0.1, -0.05) is 20.3 Å². The second-order valence-corrected chi connectivity index (χ2v) is 7.13. The molecule has 2 heterocycles. The molecule has 0 aromatic rings. The molecule has 0 bridgehead atoms. The lowest BCUT2D eigenvalue weighted by Gasteiger charge is -2.42. The lowest BCUT2D eigenvalue weighted by molar-refractivity contribution is 0.129. The highest BCUT2D eigenvalue weighted by atomic mass is 15.2. The summed E-state index contributed by atoms with van der Waals surface area (Å²) in [6.45, 7) is 7.63. The Morgan fingerprint density at radius 3 is 2.44 bits per heavy atom. The molecule has 3 fully saturated rings. The fraction of sp³-hybridized carbons (Fsp3) is 1.00. The summed E-state index contributed by atoms with van der Waals surface area (Å²) >= 11 is 0. The van der Waals surface area contributed by atoms with E-state index < -0.39 is 0 Å². The fourth-order valence-electron chi connectivity index (χ4n) is 4.66. The molecule has 0 aromatic heterocycles. The predicted octanol–water partition coefficient (Wildman–Crippen LogP) is 3.03. The van der Waals surface area contributed by atoms with Crippen LogP contribution in [0.25, 0.3) is 0 Å². The van der Waals surface area contributed by atoms with E-state index in [1.807, 2.05) is 0 Å². The molecule has 1 aliphatic carbocycles. The van der Waals surface area contributed by atoms with Gasteiger partial charge in [-0.05, 0) is 63.5 Å². The maximum atomic E-state index is 4.04. The number of nitrogens with one attached hydrogen (secondary N) is 1. The average Bonchev–Trinajstić information content (AvgIpc) is 2.81. The molecule has 0 spiro atoms. The standard InChI is InChI=1S/C16H30N2/c1-12-5-3-6-13(2)16(12)17-14-8-10-18-9-4-7-15(18)11-14/h12-17H,3-11H2,1-2H3. The van der Waals surface area contributed by atoms with Crippen LogP contribution in [0.4, 0.5) is 0 Å². The van der Waals surface area contributed by atoms with Crippen molar-refractivity contribution < 1.29 is 0 Å². The average molecular weight is 250 g/mol. The summed E-state index contributed by atoms with van der Waals surface area (Å²) in [5, 5.41) is 4.04. The van der Waals surface area contributed by atoms with Crippen LogP contribution in [0.5, 0.6) is 0 Å². The Bertz CT molecular complexity index is 268. The van der Waals surface area contributed by atoms with Crippen molar-refractivity contribution in [3.63, 3.8) is 0 Å². The first-order valence-electron chi connectivity index (χ1n) is 8.24. The third-order valence-corrected chi connectivity index (χ3v) is 5.79. The van der Waals surface area contributed by atoms with Gasteiger partial charge in [-0.15, -0.1) is 0 Å². The molecule has 0 amide bonds. The Kier molecular flexibility index (Phi) is 3.95. The van der Waals surface area contributed by atoms with E-state index in [2.05, 4.69) is 24.1 Å². The van der Waals surface area contributed by atoms with E-state index in [0.717, 1.165) is 30.0 Å². The molecule has 18 heavy (non-hydrogen) atoms. The highest BCUT2D eigenvalue weighted by Crippen LogP contribution is 2.32. The van der Waals surface area contributed by atoms with E-state index >= 15 is 0 Å². The Balaban J connectivity index is 1.55. The first-order valence-corrected chi connectivity index (χ1v) is 8.24. The molecule has 1 N–H and O–H groups in total. The lowest BCUT2D eigenvalue weighted by atomic mass is 9.78. The summed E-state index contributed by atoms with van der Waals surface area (Å²) in [5.41, 5.74) is 0. The number of fused-ring (bicyclic) bond motifs is 1. The monoisotopic (exact) mass is 250 g/mol. The third-order valence-electron chi connectivity index (χ3n) is 5.79. The highest BCUT2D eigenvalue weighted by Gasteiger charge is 2.35. The maximum Gasteiger partial charge on any atom is 0.0121 e. The van der Waals surface area contributed by atoms with Crippen LogP contribution in [0.15, 0.2) is 0 Å². The van der Waals surface area contributed by atoms with Gasteiger partial charge in [-0.3, -0.25) is 0 Å². The second kappa shape index (κ2) is 5.50. The van der Waals surface area contributed by atoms with Gasteiger partial charge < -0.3 is 10.2 Å². The van der Waals surface area contributed by atoms with Crippen LogP contribution in [-0.2, 0) is 0 Å². The van der Waals surface area contributed by atoms with Gasteiger partial charge in [-0.2, -0.15) is 0 Å². The van der Waals surface area contributed by atoms with Crippen molar-refractivity contribution >= 4 is 0 Å². The largest absolute Gasteiger partial charge is 0.311 e. The second-order valence-electron chi connectivity index (χ2n) is 7.13. The van der Waals surface area contributed by atoms with Gasteiger partial charge in [0.1, 0.15) is 0 Å². The van der Waals surface area contributed by atoms with Crippen LogP contribution in [0.1, 0.15) is 58.8 Å². The summed E-state index contributed by atoms with van der Waals surface area (Å²) in [6.07, 6.45) is 10.0. The zero-order chi connectivity index (χ0) is 12.5. The first kappa shape index (κ1) is 12.9. The molecule has 0 aromatic carbocycles. The van der Waals surface area contributed by atoms with Crippen molar-refractivity contribution in [1.29, 1.82) is 0 Å². The first-order chi connectivity index (χ1) is 8.74. The van der Waals surface area contributed by atoms with Crippen LogP contribution in [-0.4, -0.2) is 36.1 Å². The summed E-state index contributed by atoms with van der Waals surface area (Å²) in [5.74, 6) is 1.77. The number of hydrogen-bond acceptors (Lipinski definition) is 2. The van der Waals surface area contributed by atoms with E-state index in [0.29, 0.717) is 0 Å². The van der Waals surface area contributed by atoms with E-state index in [4.69, 9.17) is 0 Å². The quantitative estimate of drug-likeness (QED) is 0.810. The molecule has 4 atom stereocenters. The van der Waals surface area contributed by atoms with E-state index in [9.17, 15) is 0 Å². The van der Waals surface area contributed by atoms with Crippen molar-refractivity contribution in [3.8, 4) is 0 Å². The molecular weight excluding hydrogens is 220 g/mol. The molecule has 0 radical (unpaired) electrons. The summed E-state index contributed by atoms with van der Waals surface area (Å²) in [7, 11) is 0. The minimum absolute atomic E-state index is 0.789. The topological polar surface area (TPSA) is 15.3 Å². The summed E-state index contributed by atoms with van der Waals surface area (Å²) in [6, 6.07) is 2.50. The number of hydrogen-bond donors (Lipinski definition) is 1. The fourth-order valence-corrected chi connectivity index (χ4v) is 4.66. The Morgan fingerprint density at radius 1 is 0.889 bits per heavy atom. The van der Waals surface area contributed by atoms with Crippen molar-refractivity contribution in [2.24, 2.45) is 11.8 Å². The molecule has 2 saturated heterocycles. The SMILES string of the molecule is CC1CCCC(C)C1NC1CCN2CCCC2C1. The maximum absolute atomic E-state index is 4.04. The van der Waals surface area contributed by atoms with Crippen LogP contribution in [0.2, 0.25) is 0 Å². The van der Waals surface area contributed by atoms with E-state index in [-0.39, 0.29) is 0 Å². The van der Waals surface area contributed by atoms with Crippen LogP contribution in [0, 0.1) is 11.8 Å². The highest BCUT2D eigenvalue weighted by molar-refractivity contribution is 4.93. The Hall–Kier alpha value is -0.0800. The molecule has 3 aliphatic rings. The molecule has 2 heteroatoms. The van der Waals surface area contributed by atoms with Crippen LogP contribution >= 0.6 is 0 Å². The van der Waals surface area contributed by atoms with Gasteiger partial charge in [0.15, 0.2) is 0 Å². The molecule has 3 rings (SSSR count). The third kappa shape index (κ3) is 2.60. The molecule has 104 valence electrons. The van der Waals surface area contributed by atoms with Gasteiger partial charge in [0.05, 0.1) is 0 Å². The smallest absolute Gasteiger partial charge is 0.0121 e. The van der Waals surface area contributed by atoms with Gasteiger partial charge in [0.25, 0.3) is 0 Å². The van der Waals surface area contributed by atoms with Gasteiger partial charge in [0.2, 0.25) is 0 Å². The van der Waals surface area contributed by atoms with Gasteiger partial charge in [0, 0.05) is 18.1 Å². The van der Waals surface area contributed by atoms with Gasteiger partial charge in [-0.25, -0.2) is 0 Å². The normalized spacial score (nSPS) is 46.0. The van der Waals surface area contributed by atoms with Crippen molar-refractivity contribution in [3.05, 3.63) is 0 Å². The lowest BCUT2D eigenvalue weighted by Crippen LogP contribution is -2.52. The van der Waals surface area contributed by atoms with Crippen molar-refractivity contribution in [1.82, 2.24) is 10.2 Å². The molecule has 2 aliphatic heterocycles. The minimum atomic E-state index is 0.789. The van der Waals surface area contributed by atoms with Crippen molar-refractivity contribution in [2.75, 3.05) is 13.1 Å². The number of rotatable bonds is 2. The molecule has 2 nitrogen and oxygen atoms in total. The van der Waals surface area contributed by atoms with Crippen LogP contribution in [0.3, 0.4) is 0 Å². The minimum Gasteiger partial charge on any atom is -0.311 e. The summed E-state index contributed by atoms with van der Waals surface area (Å²) in [4.78, 5) is 2.73. The van der Waals surface area contributed by atoms with Crippen molar-refractivity contribution in [2.45, 2.75) is 76.9 Å². The van der Waals surface area contributed by atoms with Crippen LogP contribution < -0.4 is 5.32 Å². The Labute approximate surface area is 113 Å². The molecule has 4 unspecified atom stereocenters. The zero-order valence-corrected chi connectivity index (χ0v) is 12.2. The van der Waals surface area contributed by atoms with E-state index in [1.165, 1.54) is 58.0 Å². The Morgan fingerprint density at radius 2 is 1.67 bits per heavy atom.